The molecule has 6 nitrogen and oxygen atoms in total. The number of methoxy groups -OCH3 is 1. The van der Waals surface area contributed by atoms with Crippen LogP contribution in [0.1, 0.15) is 20.2 Å². The van der Waals surface area contributed by atoms with E-state index in [1.807, 2.05) is 0 Å². The number of aryl methyl sites for hydroxylation is 1. The van der Waals surface area contributed by atoms with Crippen molar-refractivity contribution in [2.45, 2.75) is 17.6 Å². The Bertz CT molecular complexity index is 780. The number of benzene rings is 1. The molecule has 1 aromatic heterocycles. The number of carboxylic acid groups (broad SMARTS) is 1. The molecule has 0 spiro atoms. The SMILES string of the molecule is COc1ccc(C(=O)O)cc1S(=O)(=O)Cc1cnc(C)s1. The number of hydrogen-bond donors (Lipinski definition) is 1. The maximum atomic E-state index is 12.5. The number of hydrogen-bond acceptors (Lipinski definition) is 6. The van der Waals surface area contributed by atoms with E-state index in [2.05, 4.69) is 4.98 Å². The first-order valence-electron chi connectivity index (χ1n) is 5.89. The summed E-state index contributed by atoms with van der Waals surface area (Å²) in [6.45, 7) is 1.78. The molecular formula is C13H13NO5S2. The highest BCUT2D eigenvalue weighted by Crippen LogP contribution is 2.29. The van der Waals surface area contributed by atoms with Crippen LogP contribution in [0.4, 0.5) is 0 Å². The van der Waals surface area contributed by atoms with Crippen molar-refractivity contribution in [3.8, 4) is 5.75 Å². The van der Waals surface area contributed by atoms with E-state index in [9.17, 15) is 13.2 Å². The van der Waals surface area contributed by atoms with Crippen LogP contribution in [0.5, 0.6) is 5.75 Å². The average molecular weight is 327 g/mol. The Hall–Kier alpha value is -1.93. The van der Waals surface area contributed by atoms with E-state index in [-0.39, 0.29) is 22.0 Å². The van der Waals surface area contributed by atoms with E-state index in [1.54, 1.807) is 6.92 Å². The summed E-state index contributed by atoms with van der Waals surface area (Å²) < 4.78 is 30.0. The maximum absolute atomic E-state index is 12.5. The van der Waals surface area contributed by atoms with E-state index in [4.69, 9.17) is 9.84 Å². The second-order valence-corrected chi connectivity index (χ2v) is 7.55. The highest BCUT2D eigenvalue weighted by atomic mass is 32.2. The first-order valence-corrected chi connectivity index (χ1v) is 8.36. The summed E-state index contributed by atoms with van der Waals surface area (Å²) in [6, 6.07) is 3.76. The predicted molar refractivity (Wildman–Crippen MR) is 77.7 cm³/mol. The Morgan fingerprint density at radius 3 is 2.67 bits per heavy atom. The maximum Gasteiger partial charge on any atom is 0.335 e. The van der Waals surface area contributed by atoms with E-state index in [1.165, 1.54) is 36.8 Å². The van der Waals surface area contributed by atoms with E-state index in [0.717, 1.165) is 11.1 Å². The number of aromatic nitrogens is 1. The second kappa shape index (κ2) is 5.82. The van der Waals surface area contributed by atoms with Crippen molar-refractivity contribution in [3.63, 3.8) is 0 Å². The van der Waals surface area contributed by atoms with Crippen molar-refractivity contribution in [1.29, 1.82) is 0 Å². The van der Waals surface area contributed by atoms with Crippen LogP contribution in [-0.2, 0) is 15.6 Å². The van der Waals surface area contributed by atoms with Gasteiger partial charge in [-0.1, -0.05) is 0 Å². The molecule has 0 radical (unpaired) electrons. The summed E-state index contributed by atoms with van der Waals surface area (Å²) in [5.74, 6) is -1.30. The molecule has 0 aliphatic heterocycles. The van der Waals surface area contributed by atoms with E-state index in [0.29, 0.717) is 4.88 Å². The number of carboxylic acids is 1. The summed E-state index contributed by atoms with van der Waals surface area (Å²) in [4.78, 5) is 15.5. The molecule has 0 aliphatic rings. The fraction of sp³-hybridized carbons (Fsp3) is 0.231. The molecule has 1 heterocycles. The van der Waals surface area contributed by atoms with Gasteiger partial charge in [0.15, 0.2) is 9.84 Å². The molecule has 8 heteroatoms. The fourth-order valence-electron chi connectivity index (χ4n) is 1.79. The smallest absolute Gasteiger partial charge is 0.335 e. The minimum Gasteiger partial charge on any atom is -0.495 e. The molecule has 0 unspecified atom stereocenters. The topological polar surface area (TPSA) is 93.6 Å². The van der Waals surface area contributed by atoms with Crippen LogP contribution in [0.15, 0.2) is 29.3 Å². The minimum absolute atomic E-state index is 0.102. The number of rotatable bonds is 5. The summed E-state index contributed by atoms with van der Waals surface area (Å²) in [5, 5.41) is 9.76. The average Bonchev–Trinajstić information content (AvgIpc) is 2.82. The molecule has 0 saturated carbocycles. The molecule has 2 aromatic rings. The van der Waals surface area contributed by atoms with Gasteiger partial charge in [0.1, 0.15) is 10.6 Å². The Kier molecular flexibility index (Phi) is 4.29. The molecular weight excluding hydrogens is 314 g/mol. The normalized spacial score (nSPS) is 11.3. The first-order chi connectivity index (χ1) is 9.83. The zero-order valence-corrected chi connectivity index (χ0v) is 13.0. The molecule has 21 heavy (non-hydrogen) atoms. The van der Waals surface area contributed by atoms with Gasteiger partial charge in [-0.15, -0.1) is 11.3 Å². The van der Waals surface area contributed by atoms with Crippen molar-refractivity contribution in [1.82, 2.24) is 4.98 Å². The largest absolute Gasteiger partial charge is 0.495 e. The van der Waals surface area contributed by atoms with Crippen LogP contribution in [-0.4, -0.2) is 31.6 Å². The van der Waals surface area contributed by atoms with Crippen LogP contribution in [0.2, 0.25) is 0 Å². The molecule has 0 amide bonds. The highest BCUT2D eigenvalue weighted by Gasteiger charge is 2.23. The standard InChI is InChI=1S/C13H13NO5S2/c1-8-14-6-10(20-8)7-21(17,18)12-5-9(13(15)16)3-4-11(12)19-2/h3-6H,7H2,1-2H3,(H,15,16). The Morgan fingerprint density at radius 2 is 2.14 bits per heavy atom. The van der Waals surface area contributed by atoms with E-state index < -0.39 is 15.8 Å². The van der Waals surface area contributed by atoms with Gasteiger partial charge in [-0.25, -0.2) is 18.2 Å². The first kappa shape index (κ1) is 15.5. The third-order valence-electron chi connectivity index (χ3n) is 2.75. The molecule has 0 fully saturated rings. The van der Waals surface area contributed by atoms with E-state index >= 15 is 0 Å². The molecule has 1 aromatic carbocycles. The number of carbonyl (C=O) groups is 1. The number of ether oxygens (including phenoxy) is 1. The Morgan fingerprint density at radius 1 is 1.43 bits per heavy atom. The van der Waals surface area contributed by atoms with Crippen molar-refractivity contribution < 1.29 is 23.1 Å². The Labute approximate surface area is 126 Å². The van der Waals surface area contributed by atoms with Gasteiger partial charge in [0.05, 0.1) is 23.4 Å². The number of nitrogens with zero attached hydrogens (tertiary/aromatic N) is 1. The van der Waals surface area contributed by atoms with Gasteiger partial charge >= 0.3 is 5.97 Å². The van der Waals surface area contributed by atoms with Crippen molar-refractivity contribution >= 4 is 27.1 Å². The monoisotopic (exact) mass is 327 g/mol. The molecule has 0 saturated heterocycles. The number of aromatic carboxylic acids is 1. The third-order valence-corrected chi connectivity index (χ3v) is 5.52. The van der Waals surface area contributed by atoms with Gasteiger partial charge in [-0.3, -0.25) is 0 Å². The lowest BCUT2D eigenvalue weighted by atomic mass is 10.2. The zero-order chi connectivity index (χ0) is 15.6. The van der Waals surface area contributed by atoms with Crippen molar-refractivity contribution in [2.75, 3.05) is 7.11 Å². The summed E-state index contributed by atoms with van der Waals surface area (Å²) in [6.07, 6.45) is 1.51. The van der Waals surface area contributed by atoms with Gasteiger partial charge in [-0.05, 0) is 25.1 Å². The highest BCUT2D eigenvalue weighted by molar-refractivity contribution is 7.90. The lowest BCUT2D eigenvalue weighted by Crippen LogP contribution is -2.08. The van der Waals surface area contributed by atoms with Crippen LogP contribution < -0.4 is 4.74 Å². The number of sulfone groups is 1. The Balaban J connectivity index is 2.47. The van der Waals surface area contributed by atoms with Gasteiger partial charge < -0.3 is 9.84 Å². The van der Waals surface area contributed by atoms with Gasteiger partial charge in [-0.2, -0.15) is 0 Å². The lowest BCUT2D eigenvalue weighted by Gasteiger charge is -2.09. The fourth-order valence-corrected chi connectivity index (χ4v) is 4.45. The van der Waals surface area contributed by atoms with Crippen LogP contribution in [0.25, 0.3) is 0 Å². The van der Waals surface area contributed by atoms with Crippen LogP contribution >= 0.6 is 11.3 Å². The quantitative estimate of drug-likeness (QED) is 0.904. The second-order valence-electron chi connectivity index (χ2n) is 4.28. The van der Waals surface area contributed by atoms with Gasteiger partial charge in [0.25, 0.3) is 0 Å². The van der Waals surface area contributed by atoms with Crippen molar-refractivity contribution in [3.05, 3.63) is 39.8 Å². The molecule has 0 bridgehead atoms. The van der Waals surface area contributed by atoms with Crippen LogP contribution in [0.3, 0.4) is 0 Å². The predicted octanol–water partition coefficient (Wildman–Crippen LogP) is 2.13. The summed E-state index contributed by atoms with van der Waals surface area (Å²) in [7, 11) is -2.38. The summed E-state index contributed by atoms with van der Waals surface area (Å²) in [5.41, 5.74) is -0.102. The van der Waals surface area contributed by atoms with Crippen LogP contribution in [0, 0.1) is 6.92 Å². The third kappa shape index (κ3) is 3.40. The summed E-state index contributed by atoms with van der Waals surface area (Å²) >= 11 is 1.29. The molecule has 0 aliphatic carbocycles. The molecule has 0 atom stereocenters. The molecule has 112 valence electrons. The molecule has 1 N–H and O–H groups in total. The van der Waals surface area contributed by atoms with Gasteiger partial charge in [0, 0.05) is 11.1 Å². The molecule has 2 rings (SSSR count). The zero-order valence-electron chi connectivity index (χ0n) is 11.4. The van der Waals surface area contributed by atoms with Crippen molar-refractivity contribution in [2.24, 2.45) is 0 Å². The number of thiazole rings is 1. The minimum atomic E-state index is -3.72. The van der Waals surface area contributed by atoms with Gasteiger partial charge in [0.2, 0.25) is 0 Å². The lowest BCUT2D eigenvalue weighted by molar-refractivity contribution is 0.0696.